The van der Waals surface area contributed by atoms with E-state index in [0.29, 0.717) is 22.5 Å². The molecule has 164 valence electrons. The Labute approximate surface area is 197 Å². The molecular weight excluding hydrogens is 430 g/mol. The lowest BCUT2D eigenvalue weighted by Crippen LogP contribution is -2.28. The van der Waals surface area contributed by atoms with E-state index in [1.807, 2.05) is 0 Å². The summed E-state index contributed by atoms with van der Waals surface area (Å²) in [6.45, 7) is 0.106. The molecule has 8 nitrogen and oxygen atoms in total. The van der Waals surface area contributed by atoms with Crippen molar-refractivity contribution in [2.45, 2.75) is 0 Å². The van der Waals surface area contributed by atoms with Gasteiger partial charge >= 0.3 is 12.1 Å². The van der Waals surface area contributed by atoms with Crippen molar-refractivity contribution in [2.75, 3.05) is 23.8 Å². The molecule has 2 rings (SSSR count). The van der Waals surface area contributed by atoms with Crippen LogP contribution in [0.25, 0.3) is 0 Å². The van der Waals surface area contributed by atoms with Crippen LogP contribution in [0.1, 0.15) is 11.1 Å². The molecule has 0 heterocycles. The molecule has 0 saturated heterocycles. The van der Waals surface area contributed by atoms with Crippen LogP contribution in [0, 0.1) is 71.0 Å². The number of benzene rings is 2. The minimum atomic E-state index is -0.612. The Balaban J connectivity index is 0.000000340. The third-order valence-electron chi connectivity index (χ3n) is 3.44. The van der Waals surface area contributed by atoms with E-state index in [0.717, 1.165) is 0 Å². The third kappa shape index (κ3) is 11.4. The molecule has 34 heavy (non-hydrogen) atoms. The summed E-state index contributed by atoms with van der Waals surface area (Å²) in [6, 6.07) is 16.5. The summed E-state index contributed by atoms with van der Waals surface area (Å²) >= 11 is 0. The van der Waals surface area contributed by atoms with E-state index in [-0.39, 0.29) is 19.2 Å². The van der Waals surface area contributed by atoms with Crippen molar-refractivity contribution in [3.63, 3.8) is 0 Å². The summed E-state index contributed by atoms with van der Waals surface area (Å²) in [5, 5.41) is 24.1. The maximum atomic E-state index is 11.2. The molecular formula is C26H17N5O3. The van der Waals surface area contributed by atoms with Gasteiger partial charge < -0.3 is 15.4 Å². The van der Waals surface area contributed by atoms with E-state index in [4.69, 9.17) is 23.4 Å². The Kier molecular flexibility index (Phi) is 12.3. The zero-order valence-corrected chi connectivity index (χ0v) is 17.8. The van der Waals surface area contributed by atoms with Gasteiger partial charge in [0.1, 0.15) is 0 Å². The van der Waals surface area contributed by atoms with E-state index in [9.17, 15) is 9.59 Å². The first-order chi connectivity index (χ1) is 16.5. The summed E-state index contributed by atoms with van der Waals surface area (Å²) in [5.41, 5.74) is 2.59. The van der Waals surface area contributed by atoms with Gasteiger partial charge in [0, 0.05) is 34.3 Å². The number of carbonyl (C=O) groups excluding carboxylic acids is 2. The highest BCUT2D eigenvalue weighted by atomic mass is 16.5. The van der Waals surface area contributed by atoms with Crippen LogP contribution in [0.4, 0.5) is 21.0 Å². The van der Waals surface area contributed by atoms with Gasteiger partial charge in [0.25, 0.3) is 0 Å². The number of carbonyl (C=O) groups is 2. The van der Waals surface area contributed by atoms with Crippen LogP contribution in [0.3, 0.4) is 0 Å². The molecule has 0 saturated carbocycles. The van der Waals surface area contributed by atoms with Crippen LogP contribution in [0.15, 0.2) is 48.5 Å². The number of nitrogens with zero attached hydrogens (tertiary/aromatic N) is 2. The highest BCUT2D eigenvalue weighted by molar-refractivity contribution is 5.89. The topological polar surface area (TPSA) is 127 Å². The first kappa shape index (κ1) is 26.2. The Morgan fingerprint density at radius 1 is 0.794 bits per heavy atom. The highest BCUT2D eigenvalue weighted by Crippen LogP contribution is 2.09. The van der Waals surface area contributed by atoms with Crippen molar-refractivity contribution < 1.29 is 14.3 Å². The lowest BCUT2D eigenvalue weighted by molar-refractivity contribution is 0.176. The van der Waals surface area contributed by atoms with Crippen LogP contribution in [-0.2, 0) is 4.74 Å². The quantitative estimate of drug-likeness (QED) is 0.621. The number of anilines is 2. The minimum absolute atomic E-state index is 0.0719. The number of rotatable bonds is 4. The Bertz CT molecular complexity index is 1180. The molecule has 3 N–H and O–H groups in total. The maximum absolute atomic E-state index is 11.2. The normalized spacial score (nSPS) is 7.88. The number of terminal acetylenes is 2. The van der Waals surface area contributed by atoms with Crippen LogP contribution in [0.2, 0.25) is 0 Å². The zero-order valence-electron chi connectivity index (χ0n) is 17.8. The smallest absolute Gasteiger partial charge is 0.412 e. The van der Waals surface area contributed by atoms with Gasteiger partial charge in [-0.15, -0.1) is 12.8 Å². The Morgan fingerprint density at radius 3 is 1.74 bits per heavy atom. The van der Waals surface area contributed by atoms with Crippen molar-refractivity contribution in [1.82, 2.24) is 5.32 Å². The molecule has 0 aliphatic carbocycles. The summed E-state index contributed by atoms with van der Waals surface area (Å²) in [7, 11) is 0. The molecule has 8 heteroatoms. The lowest BCUT2D eigenvalue weighted by Gasteiger charge is -2.04. The summed E-state index contributed by atoms with van der Waals surface area (Å²) < 4.78 is 4.63. The van der Waals surface area contributed by atoms with E-state index >= 15 is 0 Å². The molecule has 0 bridgehead atoms. The van der Waals surface area contributed by atoms with Gasteiger partial charge in [0.05, 0.1) is 6.54 Å². The van der Waals surface area contributed by atoms with Crippen molar-refractivity contribution >= 4 is 23.5 Å². The van der Waals surface area contributed by atoms with E-state index in [2.05, 4.69) is 56.2 Å². The summed E-state index contributed by atoms with van der Waals surface area (Å²) in [6.07, 6.45) is 9.33. The SMILES string of the molecule is C#CCNC(=O)Nc1ccc(C#CC#N)cc1.C#CCOC(=O)Nc1ccc(C#CC#N)cc1. The van der Waals surface area contributed by atoms with E-state index < -0.39 is 6.09 Å². The van der Waals surface area contributed by atoms with Gasteiger partial charge in [-0.2, -0.15) is 10.5 Å². The Morgan fingerprint density at radius 2 is 1.29 bits per heavy atom. The summed E-state index contributed by atoms with van der Waals surface area (Å²) in [4.78, 5) is 22.4. The molecule has 2 aromatic rings. The number of nitrogens with one attached hydrogen (secondary N) is 3. The van der Waals surface area contributed by atoms with Crippen LogP contribution in [0.5, 0.6) is 0 Å². The molecule has 2 aromatic carbocycles. The van der Waals surface area contributed by atoms with E-state index in [1.165, 1.54) is 0 Å². The number of urea groups is 1. The monoisotopic (exact) mass is 447 g/mol. The van der Waals surface area contributed by atoms with Crippen LogP contribution >= 0.6 is 0 Å². The molecule has 0 unspecified atom stereocenters. The number of ether oxygens (including phenoxy) is 1. The largest absolute Gasteiger partial charge is 0.436 e. The fraction of sp³-hybridized carbons (Fsp3) is 0.0769. The second-order valence-corrected chi connectivity index (χ2v) is 5.80. The predicted molar refractivity (Wildman–Crippen MR) is 128 cm³/mol. The molecule has 0 fully saturated rings. The second kappa shape index (κ2) is 16.0. The van der Waals surface area contributed by atoms with Crippen molar-refractivity contribution in [2.24, 2.45) is 0 Å². The second-order valence-electron chi connectivity index (χ2n) is 5.80. The first-order valence-electron chi connectivity index (χ1n) is 9.38. The van der Waals surface area contributed by atoms with Gasteiger partial charge in [-0.3, -0.25) is 5.32 Å². The number of nitriles is 2. The summed E-state index contributed by atoms with van der Waals surface area (Å²) in [5.74, 6) is 14.3. The van der Waals surface area contributed by atoms with Gasteiger partial charge in [-0.1, -0.05) is 23.7 Å². The zero-order chi connectivity index (χ0) is 25.0. The maximum Gasteiger partial charge on any atom is 0.412 e. The van der Waals surface area contributed by atoms with Crippen molar-refractivity contribution in [3.05, 3.63) is 59.7 Å². The van der Waals surface area contributed by atoms with Gasteiger partial charge in [-0.25, -0.2) is 9.59 Å². The third-order valence-corrected chi connectivity index (χ3v) is 3.44. The average molecular weight is 447 g/mol. The van der Waals surface area contributed by atoms with Crippen molar-refractivity contribution in [3.8, 4) is 60.5 Å². The lowest BCUT2D eigenvalue weighted by atomic mass is 10.2. The van der Waals surface area contributed by atoms with Crippen LogP contribution in [-0.4, -0.2) is 25.3 Å². The standard InChI is InChI=1S/C13H9N3O.C13H8N2O2/c1-2-10-15-13(17)16-12-7-5-11(6-8-12)4-3-9-14;1-2-10-17-13(16)15-12-7-5-11(6-8-12)4-3-9-14/h1,5-8H,10H2,(H2,15,16,17);1,5-8H,10H2,(H,15,16). The minimum Gasteiger partial charge on any atom is -0.436 e. The number of hydrogen-bond donors (Lipinski definition) is 3. The molecule has 0 atom stereocenters. The molecule has 3 amide bonds. The van der Waals surface area contributed by atoms with Gasteiger partial charge in [-0.05, 0) is 48.5 Å². The molecule has 0 radical (unpaired) electrons. The predicted octanol–water partition coefficient (Wildman–Crippen LogP) is 3.06. The highest BCUT2D eigenvalue weighted by Gasteiger charge is 2.01. The fourth-order valence-corrected chi connectivity index (χ4v) is 2.04. The molecule has 0 aromatic heterocycles. The number of amides is 3. The van der Waals surface area contributed by atoms with E-state index in [1.54, 1.807) is 60.7 Å². The first-order valence-corrected chi connectivity index (χ1v) is 9.38. The number of hydrogen-bond acceptors (Lipinski definition) is 5. The Hall–Kier alpha value is -5.80. The average Bonchev–Trinajstić information content (AvgIpc) is 2.86. The van der Waals surface area contributed by atoms with Crippen LogP contribution < -0.4 is 16.0 Å². The van der Waals surface area contributed by atoms with Crippen molar-refractivity contribution in [1.29, 1.82) is 10.5 Å². The molecule has 0 spiro atoms. The fourth-order valence-electron chi connectivity index (χ4n) is 2.04. The van der Waals surface area contributed by atoms with Gasteiger partial charge in [0.2, 0.25) is 0 Å². The van der Waals surface area contributed by atoms with Gasteiger partial charge in [0.15, 0.2) is 18.7 Å². The molecule has 0 aliphatic rings. The molecule has 0 aliphatic heterocycles.